The Morgan fingerprint density at radius 2 is 2.29 bits per heavy atom. The summed E-state index contributed by atoms with van der Waals surface area (Å²) in [6.45, 7) is 6.28. The molecule has 0 heterocycles. The van der Waals surface area contributed by atoms with Crippen molar-refractivity contribution in [3.05, 3.63) is 23.3 Å². The van der Waals surface area contributed by atoms with Crippen molar-refractivity contribution in [1.29, 1.82) is 0 Å². The van der Waals surface area contributed by atoms with Gasteiger partial charge >= 0.3 is 0 Å². The maximum Gasteiger partial charge on any atom is 0.181 e. The highest BCUT2D eigenvalue weighted by atomic mass is 16.1. The fraction of sp³-hybridized carbons (Fsp3) is 0.615. The Morgan fingerprint density at radius 3 is 2.86 bits per heavy atom. The van der Waals surface area contributed by atoms with Crippen molar-refractivity contribution >= 4 is 5.78 Å². The Labute approximate surface area is 86.9 Å². The zero-order valence-electron chi connectivity index (χ0n) is 9.47. The molecule has 0 spiro atoms. The molecule has 1 atom stereocenters. The zero-order valence-corrected chi connectivity index (χ0v) is 9.47. The van der Waals surface area contributed by atoms with Crippen LogP contribution >= 0.6 is 0 Å². The minimum atomic E-state index is 0.232. The van der Waals surface area contributed by atoms with Crippen molar-refractivity contribution < 1.29 is 4.79 Å². The van der Waals surface area contributed by atoms with Crippen LogP contribution in [0.3, 0.4) is 0 Å². The fourth-order valence-corrected chi connectivity index (χ4v) is 2.08. The molecular weight excluding hydrogens is 172 g/mol. The van der Waals surface area contributed by atoms with Gasteiger partial charge in [0.05, 0.1) is 0 Å². The molecule has 78 valence electrons. The third-order valence-corrected chi connectivity index (χ3v) is 2.96. The highest BCUT2D eigenvalue weighted by Gasteiger charge is 2.20. The predicted molar refractivity (Wildman–Crippen MR) is 60.2 cm³/mol. The van der Waals surface area contributed by atoms with E-state index in [9.17, 15) is 4.79 Å². The minimum Gasteiger partial charge on any atom is -0.290 e. The molecule has 0 aliphatic heterocycles. The second kappa shape index (κ2) is 5.14. The Hall–Kier alpha value is -0.850. The number of hydrogen-bond donors (Lipinski definition) is 0. The molecule has 1 heteroatoms. The molecule has 0 fully saturated rings. The molecule has 0 aromatic heterocycles. The van der Waals surface area contributed by atoms with Gasteiger partial charge in [-0.1, -0.05) is 25.5 Å². The van der Waals surface area contributed by atoms with Gasteiger partial charge in [0, 0.05) is 0 Å². The molecule has 1 rings (SSSR count). The lowest BCUT2D eigenvalue weighted by atomic mass is 9.82. The summed E-state index contributed by atoms with van der Waals surface area (Å²) in [5.41, 5.74) is 2.47. The van der Waals surface area contributed by atoms with Gasteiger partial charge in [-0.15, -0.1) is 0 Å². The molecule has 1 unspecified atom stereocenters. The summed E-state index contributed by atoms with van der Waals surface area (Å²) in [6.07, 6.45) is 7.91. The van der Waals surface area contributed by atoms with Crippen LogP contribution in [0.2, 0.25) is 0 Å². The van der Waals surface area contributed by atoms with Crippen molar-refractivity contribution in [1.82, 2.24) is 0 Å². The monoisotopic (exact) mass is 192 g/mol. The van der Waals surface area contributed by atoms with Gasteiger partial charge in [-0.05, 0) is 50.2 Å². The first-order valence-electron chi connectivity index (χ1n) is 5.57. The summed E-state index contributed by atoms with van der Waals surface area (Å²) in [5.74, 6) is 0.908. The van der Waals surface area contributed by atoms with Crippen molar-refractivity contribution in [3.8, 4) is 0 Å². The average Bonchev–Trinajstić information content (AvgIpc) is 2.18. The molecular formula is C13H20O. The van der Waals surface area contributed by atoms with Gasteiger partial charge in [0.1, 0.15) is 0 Å². The molecule has 0 saturated heterocycles. The molecule has 0 bridgehead atoms. The molecule has 1 aliphatic rings. The number of carbonyl (C=O) groups excluding carboxylic acids is 1. The Kier molecular flexibility index (Phi) is 4.12. The first-order valence-corrected chi connectivity index (χ1v) is 5.57. The lowest BCUT2D eigenvalue weighted by Gasteiger charge is -2.22. The standard InChI is InChI=1S/C13H20O/c1-4-6-13(14)12-9-10(3)7-8-11(12)5-2/h4,6,10H,5,7-9H2,1-3H3. The number of ketones is 1. The second-order valence-electron chi connectivity index (χ2n) is 4.15. The number of rotatable bonds is 3. The molecule has 0 radical (unpaired) electrons. The Bertz CT molecular complexity index is 271. The molecule has 0 aromatic rings. The molecule has 1 aliphatic carbocycles. The van der Waals surface area contributed by atoms with Gasteiger partial charge in [-0.3, -0.25) is 4.79 Å². The van der Waals surface area contributed by atoms with E-state index in [1.807, 2.05) is 13.0 Å². The van der Waals surface area contributed by atoms with Crippen LogP contribution in [0.5, 0.6) is 0 Å². The SMILES string of the molecule is CC=CC(=O)C1=C(CC)CCC(C)C1. The van der Waals surface area contributed by atoms with Crippen LogP contribution in [0.1, 0.15) is 46.5 Å². The summed E-state index contributed by atoms with van der Waals surface area (Å²) < 4.78 is 0. The summed E-state index contributed by atoms with van der Waals surface area (Å²) >= 11 is 0. The maximum atomic E-state index is 11.8. The van der Waals surface area contributed by atoms with Crippen LogP contribution in [-0.4, -0.2) is 5.78 Å². The van der Waals surface area contributed by atoms with Gasteiger partial charge in [-0.2, -0.15) is 0 Å². The van der Waals surface area contributed by atoms with Crippen molar-refractivity contribution in [3.63, 3.8) is 0 Å². The lowest BCUT2D eigenvalue weighted by molar-refractivity contribution is -0.111. The largest absolute Gasteiger partial charge is 0.290 e. The van der Waals surface area contributed by atoms with E-state index in [1.165, 1.54) is 12.0 Å². The highest BCUT2D eigenvalue weighted by Crippen LogP contribution is 2.31. The summed E-state index contributed by atoms with van der Waals surface area (Å²) in [6, 6.07) is 0. The van der Waals surface area contributed by atoms with Crippen LogP contribution in [0.25, 0.3) is 0 Å². The van der Waals surface area contributed by atoms with E-state index in [2.05, 4.69) is 13.8 Å². The minimum absolute atomic E-state index is 0.232. The van der Waals surface area contributed by atoms with Crippen LogP contribution in [-0.2, 0) is 4.79 Å². The Morgan fingerprint density at radius 1 is 1.57 bits per heavy atom. The number of allylic oxidation sites excluding steroid dienone is 4. The summed E-state index contributed by atoms with van der Waals surface area (Å²) in [5, 5.41) is 0. The molecule has 0 amide bonds. The number of hydrogen-bond acceptors (Lipinski definition) is 1. The normalized spacial score (nSPS) is 23.2. The van der Waals surface area contributed by atoms with E-state index < -0.39 is 0 Å². The lowest BCUT2D eigenvalue weighted by Crippen LogP contribution is -2.13. The van der Waals surface area contributed by atoms with Crippen molar-refractivity contribution in [2.75, 3.05) is 0 Å². The van der Waals surface area contributed by atoms with E-state index in [0.29, 0.717) is 5.92 Å². The molecule has 14 heavy (non-hydrogen) atoms. The third kappa shape index (κ3) is 2.57. The van der Waals surface area contributed by atoms with E-state index in [0.717, 1.165) is 24.8 Å². The van der Waals surface area contributed by atoms with Crippen LogP contribution in [0.15, 0.2) is 23.3 Å². The second-order valence-corrected chi connectivity index (χ2v) is 4.15. The molecule has 1 nitrogen and oxygen atoms in total. The van der Waals surface area contributed by atoms with Gasteiger partial charge in [-0.25, -0.2) is 0 Å². The van der Waals surface area contributed by atoms with Crippen LogP contribution in [0.4, 0.5) is 0 Å². The van der Waals surface area contributed by atoms with E-state index in [1.54, 1.807) is 6.08 Å². The van der Waals surface area contributed by atoms with Crippen LogP contribution in [0, 0.1) is 5.92 Å². The summed E-state index contributed by atoms with van der Waals surface area (Å²) in [7, 11) is 0. The Balaban J connectivity index is 2.88. The van der Waals surface area contributed by atoms with Gasteiger partial charge in [0.15, 0.2) is 5.78 Å². The highest BCUT2D eigenvalue weighted by molar-refractivity contribution is 6.04. The number of carbonyl (C=O) groups is 1. The molecule has 0 N–H and O–H groups in total. The fourth-order valence-electron chi connectivity index (χ4n) is 2.08. The third-order valence-electron chi connectivity index (χ3n) is 2.96. The molecule has 0 saturated carbocycles. The molecule has 0 aromatic carbocycles. The first-order chi connectivity index (χ1) is 6.69. The summed E-state index contributed by atoms with van der Waals surface area (Å²) in [4.78, 5) is 11.8. The van der Waals surface area contributed by atoms with Crippen molar-refractivity contribution in [2.45, 2.75) is 46.5 Å². The van der Waals surface area contributed by atoms with Crippen molar-refractivity contribution in [2.24, 2.45) is 5.92 Å². The maximum absolute atomic E-state index is 11.8. The van der Waals surface area contributed by atoms with Gasteiger partial charge in [0.2, 0.25) is 0 Å². The van der Waals surface area contributed by atoms with E-state index in [-0.39, 0.29) is 5.78 Å². The first kappa shape index (κ1) is 11.2. The predicted octanol–water partition coefficient (Wildman–Crippen LogP) is 3.66. The van der Waals surface area contributed by atoms with Gasteiger partial charge < -0.3 is 0 Å². The van der Waals surface area contributed by atoms with E-state index in [4.69, 9.17) is 0 Å². The van der Waals surface area contributed by atoms with Crippen LogP contribution < -0.4 is 0 Å². The smallest absolute Gasteiger partial charge is 0.181 e. The van der Waals surface area contributed by atoms with E-state index >= 15 is 0 Å². The average molecular weight is 192 g/mol. The quantitative estimate of drug-likeness (QED) is 0.624. The van der Waals surface area contributed by atoms with Gasteiger partial charge in [0.25, 0.3) is 0 Å². The zero-order chi connectivity index (χ0) is 10.6. The topological polar surface area (TPSA) is 17.1 Å².